The quantitative estimate of drug-likeness (QED) is 0.624. The molecule has 3 rings (SSSR count). The zero-order valence-electron chi connectivity index (χ0n) is 15.7. The molecule has 1 fully saturated rings. The number of aliphatic imine (C=N–C) groups is 1. The Morgan fingerprint density at radius 1 is 1.41 bits per heavy atom. The summed E-state index contributed by atoms with van der Waals surface area (Å²) in [6.45, 7) is 3.11. The Morgan fingerprint density at radius 2 is 2.30 bits per heavy atom. The van der Waals surface area contributed by atoms with Crippen LogP contribution in [0.3, 0.4) is 0 Å². The van der Waals surface area contributed by atoms with Gasteiger partial charge in [0.1, 0.15) is 5.75 Å². The van der Waals surface area contributed by atoms with Crippen LogP contribution in [0.15, 0.2) is 47.7 Å². The lowest BCUT2D eigenvalue weighted by Crippen LogP contribution is -2.39. The van der Waals surface area contributed by atoms with Gasteiger partial charge in [-0.25, -0.2) is 4.39 Å². The molecule has 7 heteroatoms. The van der Waals surface area contributed by atoms with Crippen molar-refractivity contribution in [2.24, 2.45) is 10.9 Å². The number of likely N-dealkylation sites (tertiary alicyclic amines) is 1. The van der Waals surface area contributed by atoms with Gasteiger partial charge in [-0.1, -0.05) is 6.07 Å². The number of benzene rings is 1. The van der Waals surface area contributed by atoms with E-state index in [1.165, 1.54) is 6.07 Å². The molecule has 1 aliphatic heterocycles. The van der Waals surface area contributed by atoms with E-state index in [4.69, 9.17) is 9.47 Å². The molecule has 0 aliphatic carbocycles. The van der Waals surface area contributed by atoms with Crippen LogP contribution in [-0.4, -0.2) is 49.7 Å². The molecule has 0 spiro atoms. The highest BCUT2D eigenvalue weighted by Crippen LogP contribution is 2.24. The van der Waals surface area contributed by atoms with Gasteiger partial charge in [-0.05, 0) is 36.2 Å². The fourth-order valence-corrected chi connectivity index (χ4v) is 3.18. The first-order valence-corrected chi connectivity index (χ1v) is 9.00. The third-order valence-electron chi connectivity index (χ3n) is 4.51. The van der Waals surface area contributed by atoms with Gasteiger partial charge in [0, 0.05) is 45.9 Å². The second kappa shape index (κ2) is 9.32. The lowest BCUT2D eigenvalue weighted by Gasteiger charge is -2.21. The SMILES string of the molecule is CN=C(NCc1ccc(Oc2cccnc2)c(F)c1)N1CCC(COC)C1. The molecule has 1 aromatic heterocycles. The fourth-order valence-electron chi connectivity index (χ4n) is 3.18. The molecule has 1 aliphatic rings. The zero-order chi connectivity index (χ0) is 19.1. The molecule has 2 heterocycles. The van der Waals surface area contributed by atoms with Gasteiger partial charge in [0.05, 0.1) is 12.8 Å². The van der Waals surface area contributed by atoms with Crippen LogP contribution in [0, 0.1) is 11.7 Å². The van der Waals surface area contributed by atoms with E-state index < -0.39 is 5.82 Å². The number of methoxy groups -OCH3 is 1. The molecule has 6 nitrogen and oxygen atoms in total. The molecule has 1 unspecified atom stereocenters. The van der Waals surface area contributed by atoms with Crippen molar-refractivity contribution in [3.63, 3.8) is 0 Å². The van der Waals surface area contributed by atoms with E-state index in [1.54, 1.807) is 44.8 Å². The van der Waals surface area contributed by atoms with E-state index in [9.17, 15) is 4.39 Å². The summed E-state index contributed by atoms with van der Waals surface area (Å²) in [5.74, 6) is 1.62. The van der Waals surface area contributed by atoms with E-state index in [2.05, 4.69) is 20.2 Å². The minimum absolute atomic E-state index is 0.179. The Kier molecular flexibility index (Phi) is 6.59. The average molecular weight is 372 g/mol. The lowest BCUT2D eigenvalue weighted by atomic mass is 10.1. The van der Waals surface area contributed by atoms with Crippen LogP contribution in [0.4, 0.5) is 4.39 Å². The smallest absolute Gasteiger partial charge is 0.193 e. The predicted molar refractivity (Wildman–Crippen MR) is 102 cm³/mol. The molecule has 1 atom stereocenters. The Hall–Kier alpha value is -2.67. The summed E-state index contributed by atoms with van der Waals surface area (Å²) in [7, 11) is 3.49. The Labute approximate surface area is 159 Å². The van der Waals surface area contributed by atoms with Crippen LogP contribution in [0.5, 0.6) is 11.5 Å². The Bertz CT molecular complexity index is 770. The molecular formula is C20H25FN4O2. The monoisotopic (exact) mass is 372 g/mol. The predicted octanol–water partition coefficient (Wildman–Crippen LogP) is 3.06. The number of nitrogens with zero attached hydrogens (tertiary/aromatic N) is 3. The van der Waals surface area contributed by atoms with Crippen LogP contribution in [0.2, 0.25) is 0 Å². The molecule has 1 aromatic carbocycles. The number of pyridine rings is 1. The lowest BCUT2D eigenvalue weighted by molar-refractivity contribution is 0.157. The zero-order valence-corrected chi connectivity index (χ0v) is 15.7. The number of rotatable bonds is 6. The molecule has 0 amide bonds. The third kappa shape index (κ3) is 5.17. The molecule has 0 saturated carbocycles. The van der Waals surface area contributed by atoms with Gasteiger partial charge in [-0.3, -0.25) is 9.98 Å². The number of nitrogens with one attached hydrogen (secondary N) is 1. The number of ether oxygens (including phenoxy) is 2. The van der Waals surface area contributed by atoms with Crippen molar-refractivity contribution in [2.75, 3.05) is 33.9 Å². The highest BCUT2D eigenvalue weighted by molar-refractivity contribution is 5.80. The molecule has 144 valence electrons. The summed E-state index contributed by atoms with van der Waals surface area (Å²) < 4.78 is 25.1. The fraction of sp³-hybridized carbons (Fsp3) is 0.400. The van der Waals surface area contributed by atoms with Crippen LogP contribution in [-0.2, 0) is 11.3 Å². The average Bonchev–Trinajstić information content (AvgIpc) is 3.14. The Morgan fingerprint density at radius 3 is 3.00 bits per heavy atom. The third-order valence-corrected chi connectivity index (χ3v) is 4.51. The maximum absolute atomic E-state index is 14.4. The molecule has 27 heavy (non-hydrogen) atoms. The highest BCUT2D eigenvalue weighted by Gasteiger charge is 2.24. The van der Waals surface area contributed by atoms with Crippen molar-refractivity contribution < 1.29 is 13.9 Å². The number of halogens is 1. The molecule has 0 bridgehead atoms. The molecule has 1 saturated heterocycles. The highest BCUT2D eigenvalue weighted by atomic mass is 19.1. The normalized spacial score (nSPS) is 17.2. The summed E-state index contributed by atoms with van der Waals surface area (Å²) in [5.41, 5.74) is 0.819. The summed E-state index contributed by atoms with van der Waals surface area (Å²) in [5, 5.41) is 3.30. The second-order valence-electron chi connectivity index (χ2n) is 6.51. The van der Waals surface area contributed by atoms with Crippen molar-refractivity contribution in [1.82, 2.24) is 15.2 Å². The summed E-state index contributed by atoms with van der Waals surface area (Å²) in [4.78, 5) is 10.5. The number of hydrogen-bond acceptors (Lipinski definition) is 4. The summed E-state index contributed by atoms with van der Waals surface area (Å²) in [6, 6.07) is 8.43. The van der Waals surface area contributed by atoms with E-state index in [0.717, 1.165) is 37.6 Å². The molecule has 1 N–H and O–H groups in total. The second-order valence-corrected chi connectivity index (χ2v) is 6.51. The van der Waals surface area contributed by atoms with Crippen molar-refractivity contribution in [3.05, 3.63) is 54.1 Å². The van der Waals surface area contributed by atoms with Crippen LogP contribution in [0.1, 0.15) is 12.0 Å². The Balaban J connectivity index is 1.57. The topological polar surface area (TPSA) is 59.0 Å². The first-order chi connectivity index (χ1) is 13.2. The van der Waals surface area contributed by atoms with Gasteiger partial charge in [-0.2, -0.15) is 0 Å². The van der Waals surface area contributed by atoms with Crippen molar-refractivity contribution in [1.29, 1.82) is 0 Å². The largest absolute Gasteiger partial charge is 0.453 e. The van der Waals surface area contributed by atoms with Crippen molar-refractivity contribution in [2.45, 2.75) is 13.0 Å². The van der Waals surface area contributed by atoms with E-state index >= 15 is 0 Å². The minimum atomic E-state index is -0.408. The standard InChI is InChI=1S/C20H25FN4O2/c1-22-20(25-9-7-16(13-25)14-26-2)24-11-15-5-6-19(18(21)10-15)27-17-4-3-8-23-12-17/h3-6,8,10,12,16H,7,9,11,13-14H2,1-2H3,(H,22,24). The van der Waals surface area contributed by atoms with Gasteiger partial charge in [0.2, 0.25) is 0 Å². The first kappa shape index (κ1) is 19.1. The van der Waals surface area contributed by atoms with Crippen LogP contribution >= 0.6 is 0 Å². The van der Waals surface area contributed by atoms with Crippen LogP contribution < -0.4 is 10.1 Å². The summed E-state index contributed by atoms with van der Waals surface area (Å²) in [6.07, 6.45) is 4.28. The molecular weight excluding hydrogens is 347 g/mol. The van der Waals surface area contributed by atoms with E-state index in [1.807, 2.05) is 6.07 Å². The first-order valence-electron chi connectivity index (χ1n) is 9.00. The van der Waals surface area contributed by atoms with E-state index in [0.29, 0.717) is 18.2 Å². The molecule has 2 aromatic rings. The number of guanidine groups is 1. The number of hydrogen-bond donors (Lipinski definition) is 1. The molecule has 0 radical (unpaired) electrons. The van der Waals surface area contributed by atoms with Gasteiger partial charge in [0.15, 0.2) is 17.5 Å². The minimum Gasteiger partial charge on any atom is -0.453 e. The van der Waals surface area contributed by atoms with Gasteiger partial charge >= 0.3 is 0 Å². The maximum atomic E-state index is 14.4. The van der Waals surface area contributed by atoms with Crippen LogP contribution in [0.25, 0.3) is 0 Å². The van der Waals surface area contributed by atoms with E-state index in [-0.39, 0.29) is 5.75 Å². The number of aromatic nitrogens is 1. The van der Waals surface area contributed by atoms with Crippen molar-refractivity contribution >= 4 is 5.96 Å². The van der Waals surface area contributed by atoms with Gasteiger partial charge < -0.3 is 19.7 Å². The van der Waals surface area contributed by atoms with Gasteiger partial charge in [-0.15, -0.1) is 0 Å². The van der Waals surface area contributed by atoms with Gasteiger partial charge in [0.25, 0.3) is 0 Å². The van der Waals surface area contributed by atoms with Crippen molar-refractivity contribution in [3.8, 4) is 11.5 Å². The summed E-state index contributed by atoms with van der Waals surface area (Å²) >= 11 is 0. The maximum Gasteiger partial charge on any atom is 0.193 e.